The van der Waals surface area contributed by atoms with Crippen molar-refractivity contribution in [1.29, 1.82) is 0 Å². The molecule has 264 valence electrons. The Kier molecular flexibility index (Phi) is 7.66. The van der Waals surface area contributed by atoms with E-state index in [9.17, 15) is 0 Å². The first kappa shape index (κ1) is 32.3. The Morgan fingerprint density at radius 1 is 0.536 bits per heavy atom. The van der Waals surface area contributed by atoms with Crippen molar-refractivity contribution < 1.29 is 4.74 Å². The highest BCUT2D eigenvalue weighted by atomic mass is 16.5. The summed E-state index contributed by atoms with van der Waals surface area (Å²) in [6, 6.07) is 53.6. The molecule has 0 spiro atoms. The van der Waals surface area contributed by atoms with Crippen molar-refractivity contribution in [2.75, 3.05) is 0 Å². The molecule has 2 heterocycles. The van der Waals surface area contributed by atoms with Gasteiger partial charge in [-0.2, -0.15) is 0 Å². The van der Waals surface area contributed by atoms with E-state index >= 15 is 0 Å². The van der Waals surface area contributed by atoms with E-state index in [4.69, 9.17) is 19.7 Å². The highest BCUT2D eigenvalue weighted by Crippen LogP contribution is 2.46. The lowest BCUT2D eigenvalue weighted by atomic mass is 9.88. The Balaban J connectivity index is 1.10. The van der Waals surface area contributed by atoms with Gasteiger partial charge in [-0.25, -0.2) is 15.0 Å². The smallest absolute Gasteiger partial charge is 0.164 e. The average molecular weight is 718 g/mol. The lowest BCUT2D eigenvalue weighted by molar-refractivity contribution is 0.254. The van der Waals surface area contributed by atoms with Crippen LogP contribution in [0.5, 0.6) is 5.75 Å². The summed E-state index contributed by atoms with van der Waals surface area (Å²) >= 11 is 0. The van der Waals surface area contributed by atoms with Gasteiger partial charge in [-0.05, 0) is 79.6 Å². The van der Waals surface area contributed by atoms with Crippen molar-refractivity contribution in [3.8, 4) is 39.7 Å². The molecule has 4 heteroatoms. The number of ether oxygens (including phenoxy) is 1. The minimum absolute atomic E-state index is 0.220. The Morgan fingerprint density at radius 3 is 2.16 bits per heavy atom. The molecule has 2 atom stereocenters. The zero-order chi connectivity index (χ0) is 37.0. The molecule has 8 aromatic rings. The Labute approximate surface area is 325 Å². The molecular formula is C52H35N3O. The molecule has 0 saturated heterocycles. The summed E-state index contributed by atoms with van der Waals surface area (Å²) in [7, 11) is 0. The van der Waals surface area contributed by atoms with E-state index < -0.39 is 0 Å². The molecule has 2 unspecified atom stereocenters. The Bertz CT molecular complexity index is 3010. The van der Waals surface area contributed by atoms with Crippen LogP contribution in [0, 0.1) is 0 Å². The highest BCUT2D eigenvalue weighted by Gasteiger charge is 2.38. The number of para-hydroxylation sites is 1. The zero-order valence-corrected chi connectivity index (χ0v) is 30.5. The van der Waals surface area contributed by atoms with E-state index in [0.717, 1.165) is 51.1 Å². The van der Waals surface area contributed by atoms with Gasteiger partial charge in [0.15, 0.2) is 11.6 Å². The summed E-state index contributed by atoms with van der Waals surface area (Å²) in [5.41, 5.74) is 11.1. The molecule has 0 N–H and O–H groups in total. The van der Waals surface area contributed by atoms with E-state index in [1.165, 1.54) is 38.2 Å². The third-order valence-electron chi connectivity index (χ3n) is 11.3. The van der Waals surface area contributed by atoms with E-state index in [-0.39, 0.29) is 12.0 Å². The first-order chi connectivity index (χ1) is 27.8. The largest absolute Gasteiger partial charge is 0.484 e. The second kappa shape index (κ2) is 13.3. The Morgan fingerprint density at radius 2 is 1.25 bits per heavy atom. The third-order valence-corrected chi connectivity index (χ3v) is 11.3. The van der Waals surface area contributed by atoms with Crippen LogP contribution in [0.2, 0.25) is 0 Å². The van der Waals surface area contributed by atoms with Crippen molar-refractivity contribution in [2.45, 2.75) is 18.4 Å². The SMILES string of the molecule is C1=CC(c2nc(-c3cccc(C4=CCC=Cc5ccccc54)c3)nc(-c3ccccc3-c3cc4ccccc4c4ccccc34)n2)C2Oc3ccccc3C2=C1. The number of hydrogen-bond donors (Lipinski definition) is 0. The molecule has 3 aliphatic rings. The molecule has 56 heavy (non-hydrogen) atoms. The van der Waals surface area contributed by atoms with Gasteiger partial charge in [-0.1, -0.05) is 170 Å². The van der Waals surface area contributed by atoms with Crippen LogP contribution in [0.1, 0.15) is 40.4 Å². The van der Waals surface area contributed by atoms with Crippen LogP contribution in [0.3, 0.4) is 0 Å². The van der Waals surface area contributed by atoms with E-state index in [2.05, 4.69) is 176 Å². The predicted octanol–water partition coefficient (Wildman–Crippen LogP) is 12.5. The van der Waals surface area contributed by atoms with Gasteiger partial charge < -0.3 is 4.74 Å². The molecule has 0 bridgehead atoms. The van der Waals surface area contributed by atoms with E-state index in [0.29, 0.717) is 17.5 Å². The second-order valence-corrected chi connectivity index (χ2v) is 14.6. The second-order valence-electron chi connectivity index (χ2n) is 14.6. The van der Waals surface area contributed by atoms with Crippen molar-refractivity contribution in [1.82, 2.24) is 15.0 Å². The molecule has 7 aromatic carbocycles. The molecule has 0 amide bonds. The van der Waals surface area contributed by atoms with Gasteiger partial charge in [-0.15, -0.1) is 0 Å². The fraction of sp³-hybridized carbons (Fsp3) is 0.0577. The summed E-state index contributed by atoms with van der Waals surface area (Å²) in [4.78, 5) is 16.0. The quantitative estimate of drug-likeness (QED) is 0.166. The first-order valence-corrected chi connectivity index (χ1v) is 19.2. The molecule has 1 aromatic heterocycles. The molecule has 0 fully saturated rings. The van der Waals surface area contributed by atoms with E-state index in [1.54, 1.807) is 0 Å². The normalized spacial score (nSPS) is 16.7. The van der Waals surface area contributed by atoms with Crippen molar-refractivity contribution in [3.05, 3.63) is 210 Å². The monoisotopic (exact) mass is 717 g/mol. The van der Waals surface area contributed by atoms with Crippen LogP contribution >= 0.6 is 0 Å². The van der Waals surface area contributed by atoms with Crippen LogP contribution in [0.4, 0.5) is 0 Å². The maximum atomic E-state index is 6.66. The number of nitrogens with zero attached hydrogens (tertiary/aromatic N) is 3. The van der Waals surface area contributed by atoms with Gasteiger partial charge in [0.25, 0.3) is 0 Å². The van der Waals surface area contributed by atoms with Crippen LogP contribution in [-0.4, -0.2) is 21.1 Å². The Hall–Kier alpha value is -7.17. The number of hydrogen-bond acceptors (Lipinski definition) is 4. The number of rotatable bonds is 5. The molecule has 0 saturated carbocycles. The van der Waals surface area contributed by atoms with Crippen LogP contribution < -0.4 is 4.74 Å². The van der Waals surface area contributed by atoms with Crippen molar-refractivity contribution in [2.24, 2.45) is 0 Å². The van der Waals surface area contributed by atoms with Gasteiger partial charge in [-0.3, -0.25) is 0 Å². The molecule has 1 aliphatic heterocycles. The number of fused-ring (bicyclic) bond motifs is 7. The van der Waals surface area contributed by atoms with Crippen molar-refractivity contribution >= 4 is 38.8 Å². The molecule has 11 rings (SSSR count). The molecule has 2 aliphatic carbocycles. The lowest BCUT2D eigenvalue weighted by Gasteiger charge is -2.24. The van der Waals surface area contributed by atoms with Crippen LogP contribution in [-0.2, 0) is 0 Å². The molecule has 0 radical (unpaired) electrons. The molecule has 4 nitrogen and oxygen atoms in total. The lowest BCUT2D eigenvalue weighted by Crippen LogP contribution is -2.25. The third kappa shape index (κ3) is 5.41. The maximum Gasteiger partial charge on any atom is 0.164 e. The summed E-state index contributed by atoms with van der Waals surface area (Å²) in [6.07, 6.45) is 13.8. The summed E-state index contributed by atoms with van der Waals surface area (Å²) in [6.45, 7) is 0. The standard InChI is InChI=1S/C52H35N3O/c1-4-20-37-33(15-1)16-2-5-21-38(37)34-18-13-19-36(31-34)50-53-51(55-52(54-50)46-29-14-28-44-43-26-11-12-30-48(43)56-49(44)46)45-27-10-9-25-42(45)47-32-35-17-3-6-22-39(35)40-23-7-8-24-41(40)47/h1-4,6-32,46,49H,5H2. The topological polar surface area (TPSA) is 47.9 Å². The van der Waals surface area contributed by atoms with Crippen LogP contribution in [0.15, 0.2) is 182 Å². The fourth-order valence-electron chi connectivity index (χ4n) is 8.67. The maximum absolute atomic E-state index is 6.66. The van der Waals surface area contributed by atoms with Gasteiger partial charge in [0.1, 0.15) is 17.7 Å². The first-order valence-electron chi connectivity index (χ1n) is 19.2. The highest BCUT2D eigenvalue weighted by molar-refractivity contribution is 6.14. The average Bonchev–Trinajstić information content (AvgIpc) is 3.51. The minimum atomic E-state index is -0.244. The number of benzene rings is 7. The fourth-order valence-corrected chi connectivity index (χ4v) is 8.67. The molecular weight excluding hydrogens is 683 g/mol. The van der Waals surface area contributed by atoms with Gasteiger partial charge in [0.2, 0.25) is 0 Å². The van der Waals surface area contributed by atoms with E-state index in [1.807, 2.05) is 12.1 Å². The predicted molar refractivity (Wildman–Crippen MR) is 229 cm³/mol. The van der Waals surface area contributed by atoms with Gasteiger partial charge in [0, 0.05) is 22.3 Å². The number of allylic oxidation sites excluding steroid dienone is 4. The number of aromatic nitrogens is 3. The summed E-state index contributed by atoms with van der Waals surface area (Å²) < 4.78 is 6.66. The van der Waals surface area contributed by atoms with Gasteiger partial charge in [0.05, 0.1) is 5.92 Å². The summed E-state index contributed by atoms with van der Waals surface area (Å²) in [5.74, 6) is 2.61. The van der Waals surface area contributed by atoms with Crippen molar-refractivity contribution in [3.63, 3.8) is 0 Å². The van der Waals surface area contributed by atoms with Gasteiger partial charge >= 0.3 is 0 Å². The zero-order valence-electron chi connectivity index (χ0n) is 30.5. The minimum Gasteiger partial charge on any atom is -0.484 e. The summed E-state index contributed by atoms with van der Waals surface area (Å²) in [5, 5.41) is 4.84. The van der Waals surface area contributed by atoms with Crippen LogP contribution in [0.25, 0.3) is 72.7 Å².